The molecule has 3 N–H and O–H groups in total. The van der Waals surface area contributed by atoms with E-state index in [4.69, 9.17) is 5.11 Å². The van der Waals surface area contributed by atoms with Crippen molar-refractivity contribution >= 4 is 11.9 Å². The zero-order valence-corrected chi connectivity index (χ0v) is 11.9. The second-order valence-electron chi connectivity index (χ2n) is 4.78. The second-order valence-corrected chi connectivity index (χ2v) is 4.78. The summed E-state index contributed by atoms with van der Waals surface area (Å²) >= 11 is 0. The van der Waals surface area contributed by atoms with E-state index in [9.17, 15) is 19.8 Å². The molecule has 2 unspecified atom stereocenters. The molecule has 0 aliphatic heterocycles. The van der Waals surface area contributed by atoms with E-state index < -0.39 is 24.1 Å². The number of aliphatic hydroxyl groups excluding tert-OH is 2. The number of carboxylic acid groups (broad SMARTS) is 1. The first kappa shape index (κ1) is 17.1. The molecule has 1 rings (SSSR count). The number of aliphatic hydroxyl groups is 2. The molecule has 0 saturated carbocycles. The highest BCUT2D eigenvalue weighted by atomic mass is 16.5. The highest BCUT2D eigenvalue weighted by Crippen LogP contribution is 2.20. The molecule has 0 spiro atoms. The molecule has 0 aromatic heterocycles. The summed E-state index contributed by atoms with van der Waals surface area (Å²) in [6.07, 6.45) is -1.39. The number of methoxy groups -OCH3 is 1. The molecule has 0 radical (unpaired) electrons. The van der Waals surface area contributed by atoms with Gasteiger partial charge in [0, 0.05) is 6.42 Å². The minimum atomic E-state index is -1.23. The first-order valence-corrected chi connectivity index (χ1v) is 6.67. The van der Waals surface area contributed by atoms with E-state index in [1.54, 1.807) is 24.3 Å². The van der Waals surface area contributed by atoms with Crippen LogP contribution in [0.5, 0.6) is 0 Å². The third-order valence-corrected chi connectivity index (χ3v) is 3.15. The molecule has 21 heavy (non-hydrogen) atoms. The lowest BCUT2D eigenvalue weighted by atomic mass is 9.99. The van der Waals surface area contributed by atoms with E-state index in [1.807, 2.05) is 0 Å². The van der Waals surface area contributed by atoms with Crippen molar-refractivity contribution in [3.05, 3.63) is 35.4 Å². The lowest BCUT2D eigenvalue weighted by molar-refractivity contribution is -0.144. The predicted molar refractivity (Wildman–Crippen MR) is 74.6 cm³/mol. The van der Waals surface area contributed by atoms with Gasteiger partial charge in [0.15, 0.2) is 0 Å². The van der Waals surface area contributed by atoms with E-state index in [-0.39, 0.29) is 12.8 Å². The van der Waals surface area contributed by atoms with Crippen molar-refractivity contribution < 1.29 is 29.6 Å². The highest BCUT2D eigenvalue weighted by Gasteiger charge is 2.21. The third-order valence-electron chi connectivity index (χ3n) is 3.15. The summed E-state index contributed by atoms with van der Waals surface area (Å²) in [6.45, 7) is 0. The minimum absolute atomic E-state index is 0.113. The van der Waals surface area contributed by atoms with Gasteiger partial charge < -0.3 is 20.1 Å². The molecule has 0 aliphatic carbocycles. The molecular formula is C15H20O6. The fourth-order valence-electron chi connectivity index (χ4n) is 1.91. The van der Waals surface area contributed by atoms with Crippen LogP contribution in [0, 0.1) is 0 Å². The van der Waals surface area contributed by atoms with Gasteiger partial charge in [0.05, 0.1) is 19.6 Å². The van der Waals surface area contributed by atoms with Crippen molar-refractivity contribution in [3.63, 3.8) is 0 Å². The molecule has 1 aromatic carbocycles. The maximum atomic E-state index is 11.0. The Hall–Kier alpha value is -1.92. The zero-order valence-electron chi connectivity index (χ0n) is 11.9. The minimum Gasteiger partial charge on any atom is -0.481 e. The average molecular weight is 296 g/mol. The van der Waals surface area contributed by atoms with Gasteiger partial charge in [0.1, 0.15) is 6.10 Å². The molecule has 0 aliphatic rings. The summed E-state index contributed by atoms with van der Waals surface area (Å²) in [6, 6.07) is 6.85. The predicted octanol–water partition coefficient (Wildman–Crippen LogP) is 1.05. The lowest BCUT2D eigenvalue weighted by Crippen LogP contribution is -2.22. The maximum absolute atomic E-state index is 11.0. The van der Waals surface area contributed by atoms with Crippen molar-refractivity contribution in [2.24, 2.45) is 0 Å². The second kappa shape index (κ2) is 8.39. The van der Waals surface area contributed by atoms with E-state index in [1.165, 1.54) is 7.11 Å². The van der Waals surface area contributed by atoms with E-state index >= 15 is 0 Å². The molecule has 0 saturated heterocycles. The third kappa shape index (κ3) is 5.93. The fourth-order valence-corrected chi connectivity index (χ4v) is 1.91. The number of ether oxygens (including phenoxy) is 1. The number of carbonyl (C=O) groups excluding carboxylic acids is 1. The Morgan fingerprint density at radius 2 is 1.81 bits per heavy atom. The molecule has 1 aromatic rings. The largest absolute Gasteiger partial charge is 0.481 e. The number of hydrogen-bond acceptors (Lipinski definition) is 5. The van der Waals surface area contributed by atoms with Gasteiger partial charge in [0.2, 0.25) is 0 Å². The van der Waals surface area contributed by atoms with Crippen LogP contribution in [0.15, 0.2) is 24.3 Å². The first-order valence-electron chi connectivity index (χ1n) is 6.67. The molecule has 6 nitrogen and oxygen atoms in total. The number of aryl methyl sites for hydroxylation is 1. The SMILES string of the molecule is COC(=O)CC(O)C(O)c1ccc(CCCC(=O)O)cc1. The van der Waals surface area contributed by atoms with Gasteiger partial charge in [-0.05, 0) is 24.0 Å². The Labute approximate surface area is 123 Å². The van der Waals surface area contributed by atoms with Crippen molar-refractivity contribution in [1.29, 1.82) is 0 Å². The van der Waals surface area contributed by atoms with Gasteiger partial charge in [-0.25, -0.2) is 0 Å². The summed E-state index contributed by atoms with van der Waals surface area (Å²) in [5, 5.41) is 28.2. The molecule has 0 bridgehead atoms. The summed E-state index contributed by atoms with van der Waals surface area (Å²) in [5.41, 5.74) is 1.45. The lowest BCUT2D eigenvalue weighted by Gasteiger charge is -2.17. The number of carbonyl (C=O) groups is 2. The Morgan fingerprint density at radius 1 is 1.19 bits per heavy atom. The Bertz CT molecular complexity index is 468. The highest BCUT2D eigenvalue weighted by molar-refractivity contribution is 5.69. The molecule has 6 heteroatoms. The molecule has 116 valence electrons. The van der Waals surface area contributed by atoms with Gasteiger partial charge in [0.25, 0.3) is 0 Å². The zero-order chi connectivity index (χ0) is 15.8. The van der Waals surface area contributed by atoms with Gasteiger partial charge in [-0.1, -0.05) is 24.3 Å². The molecular weight excluding hydrogens is 276 g/mol. The standard InChI is InChI=1S/C15H20O6/c1-21-14(19)9-12(16)15(20)11-7-5-10(6-8-11)3-2-4-13(17)18/h5-8,12,15-16,20H,2-4,9H2,1H3,(H,17,18). The Morgan fingerprint density at radius 3 is 2.33 bits per heavy atom. The maximum Gasteiger partial charge on any atom is 0.308 e. The van der Waals surface area contributed by atoms with Crippen LogP contribution in [0.25, 0.3) is 0 Å². The van der Waals surface area contributed by atoms with Gasteiger partial charge in [-0.2, -0.15) is 0 Å². The number of hydrogen-bond donors (Lipinski definition) is 3. The van der Waals surface area contributed by atoms with Gasteiger partial charge >= 0.3 is 11.9 Å². The molecule has 2 atom stereocenters. The summed E-state index contributed by atoms with van der Waals surface area (Å²) in [4.78, 5) is 21.5. The number of rotatable bonds is 8. The Kier molecular flexibility index (Phi) is 6.84. The van der Waals surface area contributed by atoms with Crippen LogP contribution in [0.2, 0.25) is 0 Å². The van der Waals surface area contributed by atoms with Gasteiger partial charge in [-0.15, -0.1) is 0 Å². The monoisotopic (exact) mass is 296 g/mol. The van der Waals surface area contributed by atoms with Crippen LogP contribution >= 0.6 is 0 Å². The van der Waals surface area contributed by atoms with E-state index in [0.29, 0.717) is 18.4 Å². The van der Waals surface area contributed by atoms with E-state index in [2.05, 4.69) is 4.74 Å². The van der Waals surface area contributed by atoms with E-state index in [0.717, 1.165) is 5.56 Å². The van der Waals surface area contributed by atoms with Gasteiger partial charge in [-0.3, -0.25) is 9.59 Å². The van der Waals surface area contributed by atoms with Crippen LogP contribution in [-0.2, 0) is 20.7 Å². The summed E-state index contributed by atoms with van der Waals surface area (Å²) in [7, 11) is 1.22. The summed E-state index contributed by atoms with van der Waals surface area (Å²) < 4.78 is 4.43. The molecule has 0 amide bonds. The van der Waals surface area contributed by atoms with Crippen LogP contribution in [-0.4, -0.2) is 40.5 Å². The first-order chi connectivity index (χ1) is 9.93. The molecule has 0 heterocycles. The van der Waals surface area contributed by atoms with Crippen LogP contribution in [0.4, 0.5) is 0 Å². The smallest absolute Gasteiger partial charge is 0.308 e. The summed E-state index contributed by atoms with van der Waals surface area (Å²) in [5.74, 6) is -1.42. The van der Waals surface area contributed by atoms with Crippen molar-refractivity contribution in [2.45, 2.75) is 37.9 Å². The Balaban J connectivity index is 2.56. The molecule has 0 fully saturated rings. The number of esters is 1. The van der Waals surface area contributed by atoms with Crippen molar-refractivity contribution in [2.75, 3.05) is 7.11 Å². The normalized spacial score (nSPS) is 13.5. The number of benzene rings is 1. The van der Waals surface area contributed by atoms with Crippen molar-refractivity contribution in [3.8, 4) is 0 Å². The quantitative estimate of drug-likeness (QED) is 0.619. The van der Waals surface area contributed by atoms with Crippen LogP contribution in [0.3, 0.4) is 0 Å². The topological polar surface area (TPSA) is 104 Å². The number of carboxylic acids is 1. The number of aliphatic carboxylic acids is 1. The average Bonchev–Trinajstić information content (AvgIpc) is 2.46. The van der Waals surface area contributed by atoms with Crippen molar-refractivity contribution in [1.82, 2.24) is 0 Å². The fraction of sp³-hybridized carbons (Fsp3) is 0.467. The van der Waals surface area contributed by atoms with Crippen LogP contribution in [0.1, 0.15) is 36.5 Å². The van der Waals surface area contributed by atoms with Crippen LogP contribution < -0.4 is 0 Å².